The van der Waals surface area contributed by atoms with Crippen LogP contribution < -0.4 is 4.90 Å². The Morgan fingerprint density at radius 2 is 1.89 bits per heavy atom. The quantitative estimate of drug-likeness (QED) is 0.524. The van der Waals surface area contributed by atoms with Crippen LogP contribution in [0.1, 0.15) is 13.3 Å². The molecule has 0 radical (unpaired) electrons. The molecule has 4 aliphatic rings. The summed E-state index contributed by atoms with van der Waals surface area (Å²) in [7, 11) is 0. The van der Waals surface area contributed by atoms with Crippen molar-refractivity contribution >= 4 is 34.2 Å². The van der Waals surface area contributed by atoms with Crippen LogP contribution in [0.2, 0.25) is 0 Å². The predicted molar refractivity (Wildman–Crippen MR) is 132 cm³/mol. The summed E-state index contributed by atoms with van der Waals surface area (Å²) < 4.78 is 11.9. The SMILES string of the molecule is CC[C@@H](CO)N1C(=O)[C@@H]2[C@H]3C(=O)OCC=C[C@H]3O[C@@]23C=CCN(c2ccc4ccccc4c2)C(=O)C13. The summed E-state index contributed by atoms with van der Waals surface area (Å²) in [6.45, 7) is 1.97. The number of cyclic esters (lactones) is 1. The number of aliphatic hydroxyl groups is 1. The van der Waals surface area contributed by atoms with E-state index in [0.717, 1.165) is 10.8 Å². The summed E-state index contributed by atoms with van der Waals surface area (Å²) in [4.78, 5) is 44.4. The molecule has 2 aromatic rings. The number of esters is 1. The van der Waals surface area contributed by atoms with Gasteiger partial charge in [0.15, 0.2) is 0 Å². The van der Waals surface area contributed by atoms with Gasteiger partial charge in [-0.2, -0.15) is 0 Å². The molecule has 6 rings (SSSR count). The Morgan fingerprint density at radius 3 is 2.67 bits per heavy atom. The zero-order valence-corrected chi connectivity index (χ0v) is 19.9. The number of amides is 2. The van der Waals surface area contributed by atoms with Crippen molar-refractivity contribution in [2.24, 2.45) is 11.8 Å². The molecule has 4 heterocycles. The lowest BCUT2D eigenvalue weighted by Gasteiger charge is -2.38. The Kier molecular flexibility index (Phi) is 5.46. The smallest absolute Gasteiger partial charge is 0.313 e. The Labute approximate surface area is 208 Å². The van der Waals surface area contributed by atoms with Crippen LogP contribution >= 0.6 is 0 Å². The van der Waals surface area contributed by atoms with E-state index in [-0.39, 0.29) is 25.0 Å². The molecule has 2 saturated heterocycles. The first-order valence-corrected chi connectivity index (χ1v) is 12.4. The molecule has 0 saturated carbocycles. The van der Waals surface area contributed by atoms with E-state index in [1.807, 2.05) is 55.5 Å². The topological polar surface area (TPSA) is 96.4 Å². The van der Waals surface area contributed by atoms with Crippen LogP contribution in [-0.2, 0) is 23.9 Å². The molecule has 1 unspecified atom stereocenters. The third-order valence-electron chi connectivity index (χ3n) is 7.97. The van der Waals surface area contributed by atoms with Crippen molar-refractivity contribution in [1.29, 1.82) is 0 Å². The van der Waals surface area contributed by atoms with Crippen LogP contribution in [-0.4, -0.2) is 71.3 Å². The number of fused-ring (bicyclic) bond motifs is 3. The van der Waals surface area contributed by atoms with E-state index in [2.05, 4.69) is 0 Å². The summed E-state index contributed by atoms with van der Waals surface area (Å²) in [5.74, 6) is -2.94. The van der Waals surface area contributed by atoms with E-state index in [0.29, 0.717) is 18.7 Å². The van der Waals surface area contributed by atoms with Gasteiger partial charge in [0.25, 0.3) is 5.91 Å². The first-order valence-electron chi connectivity index (χ1n) is 12.4. The van der Waals surface area contributed by atoms with Crippen molar-refractivity contribution in [2.45, 2.75) is 37.1 Å². The average molecular weight is 489 g/mol. The van der Waals surface area contributed by atoms with E-state index < -0.39 is 41.6 Å². The van der Waals surface area contributed by atoms with Gasteiger partial charge in [-0.1, -0.05) is 55.5 Å². The lowest BCUT2D eigenvalue weighted by molar-refractivity contribution is -0.153. The maximum atomic E-state index is 14.3. The zero-order valence-electron chi connectivity index (χ0n) is 19.9. The molecule has 2 aromatic carbocycles. The number of carbonyl (C=O) groups is 3. The molecule has 0 aromatic heterocycles. The van der Waals surface area contributed by atoms with Gasteiger partial charge in [0.2, 0.25) is 5.91 Å². The molecule has 6 atom stereocenters. The third-order valence-corrected chi connectivity index (χ3v) is 7.97. The predicted octanol–water partition coefficient (Wildman–Crippen LogP) is 2.21. The number of hydrogen-bond acceptors (Lipinski definition) is 6. The molecular weight excluding hydrogens is 460 g/mol. The monoisotopic (exact) mass is 488 g/mol. The lowest BCUT2D eigenvalue weighted by Crippen LogP contribution is -2.58. The summed E-state index contributed by atoms with van der Waals surface area (Å²) in [6.07, 6.45) is 6.88. The van der Waals surface area contributed by atoms with E-state index >= 15 is 0 Å². The van der Waals surface area contributed by atoms with Crippen LogP contribution in [0.5, 0.6) is 0 Å². The van der Waals surface area contributed by atoms with E-state index in [4.69, 9.17) is 9.47 Å². The van der Waals surface area contributed by atoms with Crippen molar-refractivity contribution in [3.8, 4) is 0 Å². The fraction of sp³-hybridized carbons (Fsp3) is 0.393. The minimum absolute atomic E-state index is 0.120. The molecule has 8 heteroatoms. The highest BCUT2D eigenvalue weighted by Crippen LogP contribution is 2.54. The number of rotatable bonds is 4. The fourth-order valence-corrected chi connectivity index (χ4v) is 6.29. The van der Waals surface area contributed by atoms with E-state index in [1.54, 1.807) is 23.1 Å². The average Bonchev–Trinajstić information content (AvgIpc) is 3.19. The molecule has 2 fully saturated rings. The molecule has 36 heavy (non-hydrogen) atoms. The number of likely N-dealkylation sites (tertiary alicyclic amines) is 1. The van der Waals surface area contributed by atoms with Crippen LogP contribution in [0.3, 0.4) is 0 Å². The number of aliphatic hydroxyl groups excluding tert-OH is 1. The van der Waals surface area contributed by atoms with Crippen LogP contribution in [0.25, 0.3) is 10.8 Å². The molecule has 186 valence electrons. The van der Waals surface area contributed by atoms with Gasteiger partial charge in [-0.3, -0.25) is 14.4 Å². The first kappa shape index (κ1) is 22.9. The summed E-state index contributed by atoms with van der Waals surface area (Å²) in [5, 5.41) is 12.2. The summed E-state index contributed by atoms with van der Waals surface area (Å²) in [6, 6.07) is 12.1. The van der Waals surface area contributed by atoms with Crippen molar-refractivity contribution in [1.82, 2.24) is 4.90 Å². The number of nitrogens with zero attached hydrogens (tertiary/aromatic N) is 2. The molecule has 1 N–H and O–H groups in total. The Balaban J connectivity index is 1.48. The summed E-state index contributed by atoms with van der Waals surface area (Å²) in [5.41, 5.74) is -0.627. The van der Waals surface area contributed by atoms with Crippen molar-refractivity contribution in [3.05, 3.63) is 66.8 Å². The third kappa shape index (κ3) is 3.17. The molecular formula is C28H28N2O6. The van der Waals surface area contributed by atoms with Crippen molar-refractivity contribution < 1.29 is 29.0 Å². The van der Waals surface area contributed by atoms with Gasteiger partial charge in [0, 0.05) is 12.2 Å². The van der Waals surface area contributed by atoms with Gasteiger partial charge >= 0.3 is 5.97 Å². The number of anilines is 1. The molecule has 0 bridgehead atoms. The number of hydrogen-bond donors (Lipinski definition) is 1. The highest BCUT2D eigenvalue weighted by atomic mass is 16.6. The van der Waals surface area contributed by atoms with Gasteiger partial charge in [-0.15, -0.1) is 0 Å². The van der Waals surface area contributed by atoms with Crippen LogP contribution in [0.4, 0.5) is 5.69 Å². The second-order valence-electron chi connectivity index (χ2n) is 9.77. The zero-order chi connectivity index (χ0) is 25.0. The molecule has 8 nitrogen and oxygen atoms in total. The maximum absolute atomic E-state index is 14.3. The molecule has 1 spiro atoms. The Bertz CT molecular complexity index is 1300. The maximum Gasteiger partial charge on any atom is 0.313 e. The molecule has 2 amide bonds. The van der Waals surface area contributed by atoms with E-state index in [1.165, 1.54) is 4.90 Å². The largest absolute Gasteiger partial charge is 0.461 e. The Hall–Kier alpha value is -3.49. The normalized spacial score (nSPS) is 32.1. The van der Waals surface area contributed by atoms with Gasteiger partial charge in [-0.05, 0) is 35.4 Å². The van der Waals surface area contributed by atoms with E-state index in [9.17, 15) is 19.5 Å². The van der Waals surface area contributed by atoms with Gasteiger partial charge in [0.1, 0.15) is 24.2 Å². The molecule has 0 aliphatic carbocycles. The first-order chi connectivity index (χ1) is 17.5. The van der Waals surface area contributed by atoms with Crippen LogP contribution in [0, 0.1) is 11.8 Å². The minimum atomic E-state index is -1.33. The minimum Gasteiger partial charge on any atom is -0.461 e. The van der Waals surface area contributed by atoms with Crippen molar-refractivity contribution in [2.75, 3.05) is 24.7 Å². The van der Waals surface area contributed by atoms with Gasteiger partial charge in [0.05, 0.1) is 24.7 Å². The number of ether oxygens (including phenoxy) is 2. The van der Waals surface area contributed by atoms with Crippen LogP contribution in [0.15, 0.2) is 66.8 Å². The van der Waals surface area contributed by atoms with Gasteiger partial charge in [-0.25, -0.2) is 0 Å². The fourth-order valence-electron chi connectivity index (χ4n) is 6.29. The Morgan fingerprint density at radius 1 is 1.08 bits per heavy atom. The lowest BCUT2D eigenvalue weighted by atomic mass is 9.78. The number of benzene rings is 2. The molecule has 4 aliphatic heterocycles. The summed E-state index contributed by atoms with van der Waals surface area (Å²) >= 11 is 0. The second-order valence-corrected chi connectivity index (χ2v) is 9.77. The second kappa shape index (κ2) is 8.57. The number of carbonyl (C=O) groups excluding carboxylic acids is 3. The van der Waals surface area contributed by atoms with Crippen molar-refractivity contribution in [3.63, 3.8) is 0 Å². The highest BCUT2D eigenvalue weighted by molar-refractivity contribution is 6.06. The standard InChI is InChI=1S/C28H28N2O6/c1-2-19(16-31)30-24-26(33)29(20-11-10-17-7-3-4-8-18(17)15-20)13-6-12-28(24)23(25(30)32)22-21(36-28)9-5-14-35-27(22)34/h3-12,15,19,21-24,31H,2,13-14,16H2,1H3/t19-,21+,22-,23-,24?,28-/m0/s1. The van der Waals surface area contributed by atoms with Gasteiger partial charge < -0.3 is 24.4 Å². The highest BCUT2D eigenvalue weighted by Gasteiger charge is 2.72.